The number of benzene rings is 3. The van der Waals surface area contributed by atoms with Crippen molar-refractivity contribution in [2.45, 2.75) is 38.6 Å². The third-order valence-corrected chi connectivity index (χ3v) is 18.1. The van der Waals surface area contributed by atoms with Crippen molar-refractivity contribution >= 4 is 117 Å². The van der Waals surface area contributed by atoms with Gasteiger partial charge in [-0.05, 0) is 73.7 Å². The van der Waals surface area contributed by atoms with E-state index in [1.165, 1.54) is 53.9 Å². The normalized spacial score (nSPS) is 12.4. The summed E-state index contributed by atoms with van der Waals surface area (Å²) in [5.74, 6) is -3.06. The molecule has 0 unspecified atom stereocenters. The van der Waals surface area contributed by atoms with Gasteiger partial charge in [0.15, 0.2) is 17.5 Å². The van der Waals surface area contributed by atoms with Crippen LogP contribution in [-0.2, 0) is 92.3 Å². The number of nitrogens with zero attached hydrogens (tertiary/aromatic N) is 10. The fourth-order valence-corrected chi connectivity index (χ4v) is 12.0. The van der Waals surface area contributed by atoms with Crippen molar-refractivity contribution in [3.05, 3.63) is 161 Å². The first-order chi connectivity index (χ1) is 58.4. The van der Waals surface area contributed by atoms with Crippen LogP contribution in [-0.4, -0.2) is 260 Å². The van der Waals surface area contributed by atoms with Crippen molar-refractivity contribution in [1.29, 1.82) is 10.8 Å². The number of imidazole rings is 3. The van der Waals surface area contributed by atoms with Gasteiger partial charge in [0.25, 0.3) is 29.5 Å². The second-order valence-corrected chi connectivity index (χ2v) is 27.4. The Morgan fingerprint density at radius 3 is 1.52 bits per heavy atom. The Kier molecular flexibility index (Phi) is 36.6. The molecule has 0 saturated carbocycles. The molecular weight excluding hydrogens is 1590 g/mol. The summed E-state index contributed by atoms with van der Waals surface area (Å²) in [6.07, 6.45) is 8.61. The zero-order valence-corrected chi connectivity index (χ0v) is 69.1. The van der Waals surface area contributed by atoms with Crippen LogP contribution >= 0.6 is 11.6 Å². The summed E-state index contributed by atoms with van der Waals surface area (Å²) in [5.41, 5.74) is 3.84. The predicted octanol–water partition coefficient (Wildman–Crippen LogP) is 4.73. The number of amidine groups is 2. The molecule has 1 aliphatic heterocycles. The van der Waals surface area contributed by atoms with Gasteiger partial charge < -0.3 is 118 Å². The molecule has 1 atom stereocenters. The standard InChI is InChI=1S/C80H102ClN21O19/c1-52(82)102-62-17-16-58(112-7)47-59(62)70(53-8-10-54(81)11-9-53)91-61(72(102)83)48-69(106)89-55-12-14-57(15-13-55)121-45-44-120-43-42-119-41-40-118-39-38-117-37-36-116-35-34-115-33-32-114-31-30-113-29-26-84-66(103)18-22-88-78(109)74-95-64(50-100(74)5)93-68(105)20-24-87-77(108)71-60(21-27-97(71)2)92-80(111)75-96-65(51-101(75)6)94-67(104)19-23-86-76(107)63-46-56(49-99(63)4)90-79(110)73-85-25-28-98(73)3/h8-17,21,25,27-28,46-47,49-51,61,82-83H,18-20,22-24,26,29-45,48H2,1-7H3,(H,84,103)(H,86,107)(H,87,108)(H,88,109)(H,89,106)(H,90,110)(H,92,111)(H,93,105)(H,94,104)/t61-/m1/s1. The summed E-state index contributed by atoms with van der Waals surface area (Å²) in [7, 11) is 9.57. The first-order valence-corrected chi connectivity index (χ1v) is 39.1. The smallest absolute Gasteiger partial charge is 0.291 e. The lowest BCUT2D eigenvalue weighted by Gasteiger charge is -2.26. The molecule has 0 fully saturated rings. The van der Waals surface area contributed by atoms with Crippen LogP contribution in [0.5, 0.6) is 11.5 Å². The number of aryl methyl sites for hydroxylation is 5. The predicted molar refractivity (Wildman–Crippen MR) is 447 cm³/mol. The third-order valence-electron chi connectivity index (χ3n) is 17.8. The number of aliphatic imine (C=N–C) groups is 1. The van der Waals surface area contributed by atoms with E-state index in [9.17, 15) is 43.2 Å². The van der Waals surface area contributed by atoms with Crippen molar-refractivity contribution in [3.8, 4) is 11.5 Å². The highest BCUT2D eigenvalue weighted by Gasteiger charge is 2.33. The number of anilines is 6. The molecule has 0 spiro atoms. The summed E-state index contributed by atoms with van der Waals surface area (Å²) in [6, 6.07) is 21.5. The Bertz CT molecular complexity index is 4880. The monoisotopic (exact) mass is 1700 g/mol. The maximum atomic E-state index is 13.5. The van der Waals surface area contributed by atoms with Crippen LogP contribution in [0.4, 0.5) is 34.4 Å². The van der Waals surface area contributed by atoms with Gasteiger partial charge in [-0.15, -0.1) is 0 Å². The average molecular weight is 1700 g/mol. The second kappa shape index (κ2) is 47.9. The molecule has 0 saturated heterocycles. The van der Waals surface area contributed by atoms with Crippen LogP contribution in [0.1, 0.15) is 96.6 Å². The molecular formula is C80H102ClN21O19. The molecule has 1 aliphatic rings. The van der Waals surface area contributed by atoms with Gasteiger partial charge in [-0.1, -0.05) is 23.7 Å². The summed E-state index contributed by atoms with van der Waals surface area (Å²) in [4.78, 5) is 136. The van der Waals surface area contributed by atoms with E-state index in [2.05, 4.69) is 62.8 Å². The fraction of sp³-hybridized carbons (Fsp3) is 0.412. The molecule has 5 aromatic heterocycles. The zero-order chi connectivity index (χ0) is 86.6. The van der Waals surface area contributed by atoms with E-state index in [1.807, 2.05) is 18.2 Å². The van der Waals surface area contributed by atoms with Crippen molar-refractivity contribution in [3.63, 3.8) is 0 Å². The van der Waals surface area contributed by atoms with E-state index in [0.717, 1.165) is 5.56 Å². The van der Waals surface area contributed by atoms with Crippen LogP contribution in [0, 0.1) is 10.8 Å². The lowest BCUT2D eigenvalue weighted by atomic mass is 9.99. The van der Waals surface area contributed by atoms with Crippen molar-refractivity contribution in [2.75, 3.05) is 177 Å². The number of halogens is 1. The number of ether oxygens (including phenoxy) is 10. The Morgan fingerprint density at radius 2 is 0.975 bits per heavy atom. The molecule has 648 valence electrons. The Balaban J connectivity index is 0.510. The van der Waals surface area contributed by atoms with Gasteiger partial charge in [0.05, 0.1) is 142 Å². The van der Waals surface area contributed by atoms with Gasteiger partial charge in [0, 0.05) is 140 Å². The van der Waals surface area contributed by atoms with Gasteiger partial charge in [0.2, 0.25) is 35.3 Å². The number of amides is 9. The summed E-state index contributed by atoms with van der Waals surface area (Å²) < 4.78 is 63.2. The first-order valence-electron chi connectivity index (χ1n) is 38.7. The van der Waals surface area contributed by atoms with Gasteiger partial charge >= 0.3 is 0 Å². The number of fused-ring (bicyclic) bond motifs is 1. The van der Waals surface area contributed by atoms with Gasteiger partial charge in [-0.2, -0.15) is 0 Å². The minimum absolute atomic E-state index is 0.00882. The quantitative estimate of drug-likeness (QED) is 0.0139. The average Bonchev–Trinajstić information content (AvgIpc) is 1.66. The van der Waals surface area contributed by atoms with Crippen LogP contribution in [0.25, 0.3) is 0 Å². The number of carbonyl (C=O) groups excluding carboxylic acids is 9. The number of hydrogen-bond acceptors (Lipinski definition) is 25. The first kappa shape index (κ1) is 92.3. The van der Waals surface area contributed by atoms with Crippen LogP contribution in [0.15, 0.2) is 121 Å². The fourth-order valence-electron chi connectivity index (χ4n) is 11.9. The zero-order valence-electron chi connectivity index (χ0n) is 68.3. The largest absolute Gasteiger partial charge is 0.497 e. The number of aromatic nitrogens is 8. The minimum Gasteiger partial charge on any atom is -0.497 e. The lowest BCUT2D eigenvalue weighted by Crippen LogP contribution is -2.41. The van der Waals surface area contributed by atoms with E-state index in [-0.39, 0.29) is 128 Å². The maximum Gasteiger partial charge on any atom is 0.291 e. The highest BCUT2D eigenvalue weighted by Crippen LogP contribution is 2.34. The highest BCUT2D eigenvalue weighted by atomic mass is 35.5. The van der Waals surface area contributed by atoms with E-state index in [0.29, 0.717) is 151 Å². The molecule has 9 rings (SSSR count). The molecule has 0 bridgehead atoms. The number of benzodiazepines with no additional fused rings is 1. The molecule has 9 amide bonds. The third kappa shape index (κ3) is 29.2. The lowest BCUT2D eigenvalue weighted by molar-refractivity contribution is -0.121. The van der Waals surface area contributed by atoms with E-state index >= 15 is 0 Å². The number of carbonyl (C=O) groups is 9. The Labute approximate surface area is 702 Å². The van der Waals surface area contributed by atoms with E-state index in [4.69, 9.17) is 74.8 Å². The number of methoxy groups -OCH3 is 1. The van der Waals surface area contributed by atoms with Gasteiger partial charge in [-0.25, -0.2) is 15.0 Å². The number of rotatable bonds is 51. The van der Waals surface area contributed by atoms with Crippen LogP contribution in [0.2, 0.25) is 5.02 Å². The molecule has 3 aromatic carbocycles. The molecule has 121 heavy (non-hydrogen) atoms. The summed E-state index contributed by atoms with van der Waals surface area (Å²) in [6.45, 7) is 7.90. The van der Waals surface area contributed by atoms with Crippen molar-refractivity contribution < 1.29 is 90.5 Å². The molecule has 40 nitrogen and oxygen atoms in total. The van der Waals surface area contributed by atoms with Crippen molar-refractivity contribution in [1.82, 2.24) is 59.1 Å². The molecule has 0 aliphatic carbocycles. The van der Waals surface area contributed by atoms with Gasteiger partial charge in [0.1, 0.15) is 47.2 Å². The van der Waals surface area contributed by atoms with E-state index in [1.54, 1.807) is 121 Å². The molecule has 11 N–H and O–H groups in total. The maximum absolute atomic E-state index is 13.5. The van der Waals surface area contributed by atoms with Crippen LogP contribution in [0.3, 0.4) is 0 Å². The SMILES string of the molecule is COc1ccc2c(c1)C(c1ccc(Cl)cc1)=N[C@H](CC(=O)Nc1ccc(OCCOCCOCCOCCOCCOCCOCCOCCOCCNC(=O)CCNC(=O)c3nc(NC(=O)CCNC(=O)c4c(NC(=O)c5nc(NC(=O)CCNC(=O)c6cc(NC(=O)c7nccn7C)cn6C)cn5C)ccn4C)cn3C)cc1)C(=N)N2C(C)=N. The Morgan fingerprint density at radius 1 is 0.463 bits per heavy atom. The molecule has 6 heterocycles. The number of hydrogen-bond donors (Lipinski definition) is 11. The van der Waals surface area contributed by atoms with E-state index < -0.39 is 47.4 Å². The topological polar surface area (TPSA) is 481 Å². The second-order valence-electron chi connectivity index (χ2n) is 27.0. The Hall–Kier alpha value is -12.5. The van der Waals surface area contributed by atoms with Crippen molar-refractivity contribution in [2.24, 2.45) is 40.2 Å². The minimum atomic E-state index is -0.920. The summed E-state index contributed by atoms with van der Waals surface area (Å²) >= 11 is 6.21. The molecule has 0 radical (unpaired) electrons. The highest BCUT2D eigenvalue weighted by molar-refractivity contribution is 6.31. The molecule has 8 aromatic rings. The van der Waals surface area contributed by atoms with Crippen LogP contribution < -0.4 is 62.2 Å². The summed E-state index contributed by atoms with van der Waals surface area (Å²) in [5, 5.41) is 42.5. The number of nitrogens with one attached hydrogen (secondary N) is 11. The van der Waals surface area contributed by atoms with Gasteiger partial charge in [-0.3, -0.25) is 63.9 Å². The molecule has 41 heteroatoms.